The van der Waals surface area contributed by atoms with Crippen molar-refractivity contribution >= 4 is 17.2 Å². The van der Waals surface area contributed by atoms with Gasteiger partial charge in [0.2, 0.25) is 0 Å². The summed E-state index contributed by atoms with van der Waals surface area (Å²) in [5, 5.41) is 0. The summed E-state index contributed by atoms with van der Waals surface area (Å²) in [6, 6.07) is 15.3. The molecule has 1 aromatic heterocycles. The van der Waals surface area contributed by atoms with Crippen molar-refractivity contribution in [3.63, 3.8) is 0 Å². The molecular formula is C17H13N3O. The summed E-state index contributed by atoms with van der Waals surface area (Å²) in [6.07, 6.45) is 6.08. The van der Waals surface area contributed by atoms with Gasteiger partial charge >= 0.3 is 0 Å². The van der Waals surface area contributed by atoms with Gasteiger partial charge in [0.15, 0.2) is 0 Å². The van der Waals surface area contributed by atoms with Gasteiger partial charge in [0.1, 0.15) is 18.3 Å². The van der Waals surface area contributed by atoms with E-state index in [1.165, 1.54) is 0 Å². The quantitative estimate of drug-likeness (QED) is 0.802. The SMILES string of the molecule is O=c1cccc2n1CN1C=C(c3ccccc3)C=CC1=N2. The smallest absolute Gasteiger partial charge is 0.253 e. The molecule has 3 heterocycles. The molecule has 0 atom stereocenters. The summed E-state index contributed by atoms with van der Waals surface area (Å²) < 4.78 is 1.67. The van der Waals surface area contributed by atoms with Crippen molar-refractivity contribution in [1.82, 2.24) is 9.47 Å². The van der Waals surface area contributed by atoms with Crippen molar-refractivity contribution in [2.45, 2.75) is 6.67 Å². The van der Waals surface area contributed by atoms with E-state index >= 15 is 0 Å². The normalized spacial score (nSPS) is 15.9. The van der Waals surface area contributed by atoms with Gasteiger partial charge in [0, 0.05) is 12.3 Å². The largest absolute Gasteiger partial charge is 0.314 e. The van der Waals surface area contributed by atoms with Crippen molar-refractivity contribution in [3.05, 3.63) is 82.8 Å². The van der Waals surface area contributed by atoms with Crippen LogP contribution in [0.2, 0.25) is 0 Å². The number of amidine groups is 1. The number of hydrogen-bond donors (Lipinski definition) is 0. The monoisotopic (exact) mass is 275 g/mol. The van der Waals surface area contributed by atoms with Crippen LogP contribution in [0.1, 0.15) is 5.56 Å². The van der Waals surface area contributed by atoms with E-state index in [9.17, 15) is 4.79 Å². The van der Waals surface area contributed by atoms with Crippen LogP contribution in [0.4, 0.5) is 5.82 Å². The van der Waals surface area contributed by atoms with E-state index in [0.717, 1.165) is 17.0 Å². The van der Waals surface area contributed by atoms with Crippen LogP contribution in [-0.2, 0) is 6.67 Å². The summed E-state index contributed by atoms with van der Waals surface area (Å²) >= 11 is 0. The van der Waals surface area contributed by atoms with Crippen molar-refractivity contribution in [3.8, 4) is 0 Å². The fourth-order valence-corrected chi connectivity index (χ4v) is 2.57. The van der Waals surface area contributed by atoms with E-state index < -0.39 is 0 Å². The van der Waals surface area contributed by atoms with Gasteiger partial charge in [0.25, 0.3) is 5.56 Å². The first kappa shape index (κ1) is 11.9. The zero-order valence-electron chi connectivity index (χ0n) is 11.3. The lowest BCUT2D eigenvalue weighted by Gasteiger charge is -2.29. The summed E-state index contributed by atoms with van der Waals surface area (Å²) in [6.45, 7) is 0.495. The number of benzene rings is 1. The first-order valence-corrected chi connectivity index (χ1v) is 6.82. The van der Waals surface area contributed by atoms with E-state index in [1.54, 1.807) is 16.7 Å². The molecule has 0 aliphatic carbocycles. The Kier molecular flexibility index (Phi) is 2.60. The molecule has 0 bridgehead atoms. The Balaban J connectivity index is 1.77. The molecule has 0 radical (unpaired) electrons. The number of aliphatic imine (C=N–C) groups is 1. The van der Waals surface area contributed by atoms with Crippen LogP contribution in [-0.4, -0.2) is 15.3 Å². The molecule has 2 aliphatic rings. The van der Waals surface area contributed by atoms with Gasteiger partial charge in [-0.15, -0.1) is 0 Å². The molecule has 0 spiro atoms. The molecule has 2 aromatic rings. The molecule has 0 saturated carbocycles. The topological polar surface area (TPSA) is 37.6 Å². The Morgan fingerprint density at radius 1 is 0.952 bits per heavy atom. The molecule has 4 heteroatoms. The van der Waals surface area contributed by atoms with Gasteiger partial charge in [-0.3, -0.25) is 9.36 Å². The number of nitrogens with zero attached hydrogens (tertiary/aromatic N) is 3. The third-order valence-corrected chi connectivity index (χ3v) is 3.66. The van der Waals surface area contributed by atoms with Crippen molar-refractivity contribution < 1.29 is 0 Å². The average Bonchev–Trinajstić information content (AvgIpc) is 2.54. The number of aromatic nitrogens is 1. The van der Waals surface area contributed by atoms with E-state index in [-0.39, 0.29) is 5.56 Å². The highest BCUT2D eigenvalue weighted by Gasteiger charge is 2.19. The van der Waals surface area contributed by atoms with Crippen LogP contribution in [0.25, 0.3) is 5.57 Å². The first-order chi connectivity index (χ1) is 10.3. The van der Waals surface area contributed by atoms with Crippen molar-refractivity contribution in [1.29, 1.82) is 0 Å². The molecule has 4 rings (SSSR count). The van der Waals surface area contributed by atoms with Gasteiger partial charge in [-0.1, -0.05) is 36.4 Å². The maximum absolute atomic E-state index is 11.9. The van der Waals surface area contributed by atoms with E-state index in [4.69, 9.17) is 0 Å². The summed E-state index contributed by atoms with van der Waals surface area (Å²) in [4.78, 5) is 18.4. The predicted octanol–water partition coefficient (Wildman–Crippen LogP) is 2.76. The molecule has 4 nitrogen and oxygen atoms in total. The highest BCUT2D eigenvalue weighted by molar-refractivity contribution is 6.01. The number of allylic oxidation sites excluding steroid dienone is 2. The van der Waals surface area contributed by atoms with Gasteiger partial charge in [-0.2, -0.15) is 0 Å². The van der Waals surface area contributed by atoms with Gasteiger partial charge in [-0.25, -0.2) is 4.99 Å². The van der Waals surface area contributed by atoms with Crippen LogP contribution >= 0.6 is 0 Å². The zero-order valence-corrected chi connectivity index (χ0v) is 11.3. The van der Waals surface area contributed by atoms with Crippen LogP contribution < -0.4 is 5.56 Å². The highest BCUT2D eigenvalue weighted by atomic mass is 16.1. The fourth-order valence-electron chi connectivity index (χ4n) is 2.57. The lowest BCUT2D eigenvalue weighted by Crippen LogP contribution is -2.36. The summed E-state index contributed by atoms with van der Waals surface area (Å²) in [5.74, 6) is 1.57. The maximum Gasteiger partial charge on any atom is 0.253 e. The van der Waals surface area contributed by atoms with E-state index in [0.29, 0.717) is 12.5 Å². The minimum atomic E-state index is -0.0282. The van der Waals surface area contributed by atoms with Crippen molar-refractivity contribution in [2.75, 3.05) is 0 Å². The molecule has 0 amide bonds. The Morgan fingerprint density at radius 3 is 2.67 bits per heavy atom. The molecule has 102 valence electrons. The number of rotatable bonds is 1. The van der Waals surface area contributed by atoms with Crippen LogP contribution in [0.15, 0.2) is 76.7 Å². The van der Waals surface area contributed by atoms with Gasteiger partial charge in [-0.05, 0) is 29.4 Å². The number of fused-ring (bicyclic) bond motifs is 2. The lowest BCUT2D eigenvalue weighted by atomic mass is 10.0. The molecule has 0 N–H and O–H groups in total. The molecular weight excluding hydrogens is 262 g/mol. The Morgan fingerprint density at radius 2 is 1.81 bits per heavy atom. The second-order valence-electron chi connectivity index (χ2n) is 5.02. The average molecular weight is 275 g/mol. The van der Waals surface area contributed by atoms with Gasteiger partial charge in [0.05, 0.1) is 0 Å². The second-order valence-corrected chi connectivity index (χ2v) is 5.02. The molecule has 1 aromatic carbocycles. The maximum atomic E-state index is 11.9. The van der Waals surface area contributed by atoms with Crippen molar-refractivity contribution in [2.24, 2.45) is 4.99 Å². The number of pyridine rings is 1. The number of hydrogen-bond acceptors (Lipinski definition) is 3. The lowest BCUT2D eigenvalue weighted by molar-refractivity contribution is 0.422. The second kappa shape index (κ2) is 4.59. The van der Waals surface area contributed by atoms with E-state index in [1.807, 2.05) is 41.4 Å². The Hall–Kier alpha value is -2.88. The standard InChI is InChI=1S/C17H13N3O/c21-17-8-4-7-16-18-15-10-9-14(11-19(15)12-20(16)17)13-5-2-1-3-6-13/h1-11H,12H2. The van der Waals surface area contributed by atoms with Crippen LogP contribution in [0.5, 0.6) is 0 Å². The molecule has 2 aliphatic heterocycles. The highest BCUT2D eigenvalue weighted by Crippen LogP contribution is 2.25. The minimum absolute atomic E-state index is 0.0282. The van der Waals surface area contributed by atoms with Crippen LogP contribution in [0, 0.1) is 0 Å². The Bertz CT molecular complexity index is 844. The molecule has 0 unspecified atom stereocenters. The fraction of sp³-hybridized carbons (Fsp3) is 0.0588. The van der Waals surface area contributed by atoms with E-state index in [2.05, 4.69) is 23.2 Å². The third kappa shape index (κ3) is 2.01. The summed E-state index contributed by atoms with van der Waals surface area (Å²) in [7, 11) is 0. The third-order valence-electron chi connectivity index (χ3n) is 3.66. The molecule has 0 saturated heterocycles. The minimum Gasteiger partial charge on any atom is -0.314 e. The first-order valence-electron chi connectivity index (χ1n) is 6.82. The summed E-state index contributed by atoms with van der Waals surface area (Å²) in [5.41, 5.74) is 2.24. The Labute approximate surface area is 122 Å². The van der Waals surface area contributed by atoms with Gasteiger partial charge < -0.3 is 4.90 Å². The van der Waals surface area contributed by atoms with Crippen LogP contribution in [0.3, 0.4) is 0 Å². The zero-order chi connectivity index (χ0) is 14.2. The molecule has 0 fully saturated rings. The molecule has 21 heavy (non-hydrogen) atoms. The predicted molar refractivity (Wildman–Crippen MR) is 83.2 cm³/mol.